The molecule has 0 amide bonds. The van der Waals surface area contributed by atoms with Crippen LogP contribution in [0.2, 0.25) is 0 Å². The van der Waals surface area contributed by atoms with E-state index in [9.17, 15) is 17.2 Å². The van der Waals surface area contributed by atoms with Crippen LogP contribution < -0.4 is 10.1 Å². The SMILES string of the molecule is CS(=O)(=O)c1ccc(OCCNc2cnc3cc(F)c(F)cc3n2)cc1. The van der Waals surface area contributed by atoms with Gasteiger partial charge in [-0.1, -0.05) is 0 Å². The maximum Gasteiger partial charge on any atom is 0.175 e. The zero-order valence-electron chi connectivity index (χ0n) is 13.7. The van der Waals surface area contributed by atoms with E-state index < -0.39 is 21.5 Å². The van der Waals surface area contributed by atoms with Gasteiger partial charge in [0.25, 0.3) is 0 Å². The summed E-state index contributed by atoms with van der Waals surface area (Å²) >= 11 is 0. The zero-order valence-corrected chi connectivity index (χ0v) is 14.6. The van der Waals surface area contributed by atoms with Gasteiger partial charge in [-0.3, -0.25) is 4.98 Å². The van der Waals surface area contributed by atoms with E-state index in [0.717, 1.165) is 18.4 Å². The maximum absolute atomic E-state index is 13.3. The van der Waals surface area contributed by atoms with E-state index in [1.54, 1.807) is 12.1 Å². The molecule has 1 N–H and O–H groups in total. The Kier molecular flexibility index (Phi) is 4.99. The van der Waals surface area contributed by atoms with Gasteiger partial charge < -0.3 is 10.1 Å². The summed E-state index contributed by atoms with van der Waals surface area (Å²) in [5.41, 5.74) is 0.503. The molecule has 1 aromatic heterocycles. The number of anilines is 1. The van der Waals surface area contributed by atoms with Crippen molar-refractivity contribution in [3.8, 4) is 5.75 Å². The van der Waals surface area contributed by atoms with E-state index in [-0.39, 0.29) is 22.5 Å². The molecule has 9 heteroatoms. The van der Waals surface area contributed by atoms with Crippen LogP contribution in [-0.4, -0.2) is 37.8 Å². The van der Waals surface area contributed by atoms with Gasteiger partial charge in [-0.2, -0.15) is 0 Å². The second kappa shape index (κ2) is 7.20. The molecule has 3 rings (SSSR count). The van der Waals surface area contributed by atoms with Crippen LogP contribution in [0, 0.1) is 11.6 Å². The van der Waals surface area contributed by atoms with Crippen molar-refractivity contribution in [1.82, 2.24) is 9.97 Å². The molecule has 0 aliphatic carbocycles. The molecular formula is C17H15F2N3O3S. The summed E-state index contributed by atoms with van der Waals surface area (Å²) in [7, 11) is -3.24. The van der Waals surface area contributed by atoms with Gasteiger partial charge in [0.1, 0.15) is 18.2 Å². The fourth-order valence-electron chi connectivity index (χ4n) is 2.22. The molecule has 0 aliphatic heterocycles. The molecule has 136 valence electrons. The lowest BCUT2D eigenvalue weighted by Gasteiger charge is -2.09. The minimum atomic E-state index is -3.24. The second-order valence-electron chi connectivity index (χ2n) is 5.53. The van der Waals surface area contributed by atoms with Crippen LogP contribution in [0.15, 0.2) is 47.5 Å². The molecule has 26 heavy (non-hydrogen) atoms. The third-order valence-corrected chi connectivity index (χ3v) is 4.64. The summed E-state index contributed by atoms with van der Waals surface area (Å²) in [5.74, 6) is -1.02. The van der Waals surface area contributed by atoms with Crippen LogP contribution in [0.3, 0.4) is 0 Å². The molecule has 2 aromatic carbocycles. The van der Waals surface area contributed by atoms with E-state index in [1.807, 2.05) is 0 Å². The first-order valence-corrected chi connectivity index (χ1v) is 9.51. The number of nitrogens with one attached hydrogen (secondary N) is 1. The highest BCUT2D eigenvalue weighted by Crippen LogP contribution is 2.17. The Morgan fingerprint density at radius 3 is 2.38 bits per heavy atom. The van der Waals surface area contributed by atoms with Crippen molar-refractivity contribution >= 4 is 26.7 Å². The van der Waals surface area contributed by atoms with Crippen molar-refractivity contribution in [3.63, 3.8) is 0 Å². The average molecular weight is 379 g/mol. The Morgan fingerprint density at radius 2 is 1.73 bits per heavy atom. The summed E-state index contributed by atoms with van der Waals surface area (Å²) in [5, 5.41) is 2.97. The first-order valence-electron chi connectivity index (χ1n) is 7.61. The first kappa shape index (κ1) is 18.0. The third-order valence-electron chi connectivity index (χ3n) is 3.51. The second-order valence-corrected chi connectivity index (χ2v) is 7.54. The molecule has 0 atom stereocenters. The predicted molar refractivity (Wildman–Crippen MR) is 93.0 cm³/mol. The van der Waals surface area contributed by atoms with Crippen molar-refractivity contribution in [1.29, 1.82) is 0 Å². The van der Waals surface area contributed by atoms with E-state index in [4.69, 9.17) is 4.74 Å². The number of aromatic nitrogens is 2. The molecular weight excluding hydrogens is 364 g/mol. The monoisotopic (exact) mass is 379 g/mol. The molecule has 0 fully saturated rings. The number of sulfone groups is 1. The van der Waals surface area contributed by atoms with Crippen molar-refractivity contribution in [2.45, 2.75) is 4.90 Å². The highest BCUT2D eigenvalue weighted by molar-refractivity contribution is 7.90. The highest BCUT2D eigenvalue weighted by atomic mass is 32.2. The Balaban J connectivity index is 1.56. The molecule has 0 radical (unpaired) electrons. The number of ether oxygens (including phenoxy) is 1. The van der Waals surface area contributed by atoms with Crippen LogP contribution in [0.25, 0.3) is 11.0 Å². The Hall–Kier alpha value is -2.81. The molecule has 0 unspecified atom stereocenters. The van der Waals surface area contributed by atoms with Crippen LogP contribution >= 0.6 is 0 Å². The fraction of sp³-hybridized carbons (Fsp3) is 0.176. The largest absolute Gasteiger partial charge is 0.492 e. The quantitative estimate of drug-likeness (QED) is 0.664. The fourth-order valence-corrected chi connectivity index (χ4v) is 2.85. The van der Waals surface area contributed by atoms with Crippen LogP contribution in [-0.2, 0) is 9.84 Å². The van der Waals surface area contributed by atoms with Crippen LogP contribution in [0.1, 0.15) is 0 Å². The molecule has 0 aliphatic rings. The standard InChI is InChI=1S/C17H15F2N3O3S/c1-26(23,24)12-4-2-11(3-5-12)25-7-6-20-17-10-21-15-8-13(18)14(19)9-16(15)22-17/h2-5,8-10H,6-7H2,1H3,(H,20,22). The summed E-state index contributed by atoms with van der Waals surface area (Å²) < 4.78 is 54.7. The maximum atomic E-state index is 13.3. The summed E-state index contributed by atoms with van der Waals surface area (Å²) in [6, 6.07) is 8.07. The van der Waals surface area contributed by atoms with Gasteiger partial charge in [0, 0.05) is 18.4 Å². The number of halogens is 2. The lowest BCUT2D eigenvalue weighted by molar-refractivity contribution is 0.332. The summed E-state index contributed by atoms with van der Waals surface area (Å²) in [4.78, 5) is 8.40. The average Bonchev–Trinajstić information content (AvgIpc) is 2.59. The topological polar surface area (TPSA) is 81.2 Å². The number of hydrogen-bond donors (Lipinski definition) is 1. The lowest BCUT2D eigenvalue weighted by Crippen LogP contribution is -2.12. The van der Waals surface area contributed by atoms with Crippen LogP contribution in [0.5, 0.6) is 5.75 Å². The van der Waals surface area contributed by atoms with Gasteiger partial charge in [0.15, 0.2) is 21.5 Å². The zero-order chi connectivity index (χ0) is 18.7. The summed E-state index contributed by atoms with van der Waals surface area (Å²) in [6.45, 7) is 0.674. The highest BCUT2D eigenvalue weighted by Gasteiger charge is 2.08. The molecule has 6 nitrogen and oxygen atoms in total. The Bertz CT molecular complexity index is 1040. The lowest BCUT2D eigenvalue weighted by atomic mass is 10.3. The van der Waals surface area contributed by atoms with E-state index in [2.05, 4.69) is 15.3 Å². The minimum Gasteiger partial charge on any atom is -0.492 e. The van der Waals surface area contributed by atoms with Gasteiger partial charge >= 0.3 is 0 Å². The van der Waals surface area contributed by atoms with Crippen molar-refractivity contribution in [2.24, 2.45) is 0 Å². The van der Waals surface area contributed by atoms with Crippen LogP contribution in [0.4, 0.5) is 14.6 Å². The molecule has 0 spiro atoms. The van der Waals surface area contributed by atoms with Crippen molar-refractivity contribution in [3.05, 3.63) is 54.2 Å². The molecule has 3 aromatic rings. The van der Waals surface area contributed by atoms with Gasteiger partial charge in [-0.15, -0.1) is 0 Å². The number of fused-ring (bicyclic) bond motifs is 1. The van der Waals surface area contributed by atoms with Crippen molar-refractivity contribution < 1.29 is 21.9 Å². The number of nitrogens with zero attached hydrogens (tertiary/aromatic N) is 2. The molecule has 0 saturated carbocycles. The van der Waals surface area contributed by atoms with Crippen molar-refractivity contribution in [2.75, 3.05) is 24.7 Å². The normalized spacial score (nSPS) is 11.5. The van der Waals surface area contributed by atoms with Gasteiger partial charge in [0.2, 0.25) is 0 Å². The number of benzene rings is 2. The number of rotatable bonds is 6. The molecule has 1 heterocycles. The molecule has 0 bridgehead atoms. The number of hydrogen-bond acceptors (Lipinski definition) is 6. The Morgan fingerprint density at radius 1 is 1.08 bits per heavy atom. The minimum absolute atomic E-state index is 0.220. The smallest absolute Gasteiger partial charge is 0.175 e. The predicted octanol–water partition coefficient (Wildman–Crippen LogP) is 2.80. The first-order chi connectivity index (χ1) is 12.3. The Labute approximate surface area is 148 Å². The van der Waals surface area contributed by atoms with E-state index in [1.165, 1.54) is 18.3 Å². The van der Waals surface area contributed by atoms with Gasteiger partial charge in [0.05, 0.1) is 28.7 Å². The van der Waals surface area contributed by atoms with E-state index in [0.29, 0.717) is 18.1 Å². The third kappa shape index (κ3) is 4.23. The van der Waals surface area contributed by atoms with Gasteiger partial charge in [-0.05, 0) is 24.3 Å². The molecule has 0 saturated heterocycles. The van der Waals surface area contributed by atoms with E-state index >= 15 is 0 Å². The summed E-state index contributed by atoms with van der Waals surface area (Å²) in [6.07, 6.45) is 2.55. The van der Waals surface area contributed by atoms with Gasteiger partial charge in [-0.25, -0.2) is 22.2 Å².